The van der Waals surface area contributed by atoms with Crippen LogP contribution in [0.2, 0.25) is 0 Å². The average molecular weight is 361 g/mol. The molecule has 2 aromatic carbocycles. The van der Waals surface area contributed by atoms with E-state index >= 15 is 0 Å². The highest BCUT2D eigenvalue weighted by Gasteiger charge is 2.30. The van der Waals surface area contributed by atoms with Crippen molar-refractivity contribution in [2.24, 2.45) is 0 Å². The third kappa shape index (κ3) is 4.12. The first-order valence-electron chi connectivity index (χ1n) is 7.65. The topological polar surface area (TPSA) is 51.5 Å². The molecule has 7 heteroatoms. The summed E-state index contributed by atoms with van der Waals surface area (Å²) in [5.41, 5.74) is 2.35. The molecule has 134 valence electrons. The van der Waals surface area contributed by atoms with Gasteiger partial charge in [-0.25, -0.2) is 0 Å². The van der Waals surface area contributed by atoms with Gasteiger partial charge in [-0.15, -0.1) is 13.2 Å². The summed E-state index contributed by atoms with van der Waals surface area (Å²) in [6.45, 7) is -0.103. The van der Waals surface area contributed by atoms with Crippen LogP contribution in [0.4, 0.5) is 13.2 Å². The zero-order chi connectivity index (χ0) is 18.7. The largest absolute Gasteiger partial charge is 0.573 e. The Morgan fingerprint density at radius 2 is 1.69 bits per heavy atom. The van der Waals surface area contributed by atoms with Gasteiger partial charge < -0.3 is 9.84 Å². The summed E-state index contributed by atoms with van der Waals surface area (Å²) in [7, 11) is 0. The van der Waals surface area contributed by atoms with Crippen molar-refractivity contribution >= 4 is 0 Å². The lowest BCUT2D eigenvalue weighted by Gasteiger charge is -2.11. The molecule has 0 fully saturated rings. The van der Waals surface area contributed by atoms with E-state index in [0.29, 0.717) is 5.69 Å². The second-order valence-electron chi connectivity index (χ2n) is 5.53. The number of nitrogens with zero attached hydrogens (tertiary/aromatic N) is 1. The third-order valence-electron chi connectivity index (χ3n) is 3.70. The molecule has 1 N–H and O–H groups in total. The Hall–Kier alpha value is -3.06. The van der Waals surface area contributed by atoms with Crippen molar-refractivity contribution < 1.29 is 23.0 Å². The third-order valence-corrected chi connectivity index (χ3v) is 3.70. The molecule has 3 rings (SSSR count). The summed E-state index contributed by atoms with van der Waals surface area (Å²) in [5.74, 6) is -0.360. The van der Waals surface area contributed by atoms with Crippen molar-refractivity contribution in [1.82, 2.24) is 4.57 Å². The summed E-state index contributed by atoms with van der Waals surface area (Å²) in [6.07, 6.45) is -3.17. The SMILES string of the molecule is O=c1ccc(-c2cccc(CO)c2)cn1-c1ccc(OC(F)(F)F)cc1. The molecule has 0 radical (unpaired) electrons. The maximum Gasteiger partial charge on any atom is 0.573 e. The quantitative estimate of drug-likeness (QED) is 0.767. The van der Waals surface area contributed by atoms with Crippen molar-refractivity contribution in [2.45, 2.75) is 13.0 Å². The van der Waals surface area contributed by atoms with Gasteiger partial charge >= 0.3 is 6.36 Å². The monoisotopic (exact) mass is 361 g/mol. The minimum absolute atomic E-state index is 0.103. The molecule has 26 heavy (non-hydrogen) atoms. The molecular formula is C19H14F3NO3. The molecule has 0 saturated heterocycles. The van der Waals surface area contributed by atoms with Crippen LogP contribution in [0, 0.1) is 0 Å². The fourth-order valence-corrected chi connectivity index (χ4v) is 2.52. The number of pyridine rings is 1. The van der Waals surface area contributed by atoms with Gasteiger partial charge in [0.2, 0.25) is 0 Å². The van der Waals surface area contributed by atoms with Gasteiger partial charge in [0.05, 0.1) is 6.61 Å². The van der Waals surface area contributed by atoms with Gasteiger partial charge in [0, 0.05) is 18.0 Å². The number of hydrogen-bond donors (Lipinski definition) is 1. The minimum atomic E-state index is -4.77. The van der Waals surface area contributed by atoms with E-state index in [2.05, 4.69) is 4.74 Å². The number of alkyl halides is 3. The summed E-state index contributed by atoms with van der Waals surface area (Å²) in [4.78, 5) is 12.2. The first kappa shape index (κ1) is 17.8. The molecular weight excluding hydrogens is 347 g/mol. The Morgan fingerprint density at radius 3 is 2.35 bits per heavy atom. The minimum Gasteiger partial charge on any atom is -0.406 e. The number of benzene rings is 2. The van der Waals surface area contributed by atoms with Crippen molar-refractivity contribution in [3.8, 4) is 22.6 Å². The van der Waals surface area contributed by atoms with E-state index in [0.717, 1.165) is 28.8 Å². The van der Waals surface area contributed by atoms with Crippen LogP contribution < -0.4 is 10.3 Å². The van der Waals surface area contributed by atoms with Gasteiger partial charge in [-0.05, 0) is 53.1 Å². The molecule has 4 nitrogen and oxygen atoms in total. The van der Waals surface area contributed by atoms with E-state index in [4.69, 9.17) is 0 Å². The molecule has 0 aliphatic rings. The Bertz CT molecular complexity index is 963. The Labute approximate surface area is 146 Å². The summed E-state index contributed by atoms with van der Waals surface area (Å²) in [6, 6.07) is 15.3. The molecule has 0 amide bonds. The first-order valence-corrected chi connectivity index (χ1v) is 7.65. The van der Waals surface area contributed by atoms with Gasteiger partial charge in [-0.1, -0.05) is 18.2 Å². The van der Waals surface area contributed by atoms with Crippen LogP contribution in [0.3, 0.4) is 0 Å². The molecule has 0 atom stereocenters. The van der Waals surface area contributed by atoms with Gasteiger partial charge in [0.25, 0.3) is 5.56 Å². The summed E-state index contributed by atoms with van der Waals surface area (Å²) < 4.78 is 41.9. The predicted octanol–water partition coefficient (Wildman–Crippen LogP) is 3.90. The summed E-state index contributed by atoms with van der Waals surface area (Å²) in [5, 5.41) is 9.25. The van der Waals surface area contributed by atoms with Crippen molar-refractivity contribution in [3.63, 3.8) is 0 Å². The molecule has 0 aliphatic heterocycles. The lowest BCUT2D eigenvalue weighted by atomic mass is 10.0. The molecule has 0 saturated carbocycles. The van der Waals surface area contributed by atoms with Crippen LogP contribution in [0.15, 0.2) is 71.7 Å². The first-order chi connectivity index (χ1) is 12.4. The second kappa shape index (κ2) is 7.05. The second-order valence-corrected chi connectivity index (χ2v) is 5.53. The lowest BCUT2D eigenvalue weighted by molar-refractivity contribution is -0.274. The number of ether oxygens (including phenoxy) is 1. The molecule has 0 bridgehead atoms. The fourth-order valence-electron chi connectivity index (χ4n) is 2.52. The Kier molecular flexibility index (Phi) is 4.81. The predicted molar refractivity (Wildman–Crippen MR) is 90.1 cm³/mol. The van der Waals surface area contributed by atoms with Crippen molar-refractivity contribution in [1.29, 1.82) is 0 Å². The normalized spacial score (nSPS) is 11.4. The highest BCUT2D eigenvalue weighted by atomic mass is 19.4. The average Bonchev–Trinajstić information content (AvgIpc) is 2.62. The number of halogens is 3. The molecule has 1 aromatic heterocycles. The van der Waals surface area contributed by atoms with E-state index in [-0.39, 0.29) is 17.9 Å². The van der Waals surface area contributed by atoms with Crippen LogP contribution in [-0.4, -0.2) is 16.0 Å². The van der Waals surface area contributed by atoms with E-state index in [1.165, 1.54) is 22.8 Å². The number of aliphatic hydroxyl groups excluding tert-OH is 1. The van der Waals surface area contributed by atoms with Gasteiger partial charge in [0.15, 0.2) is 0 Å². The Morgan fingerprint density at radius 1 is 0.962 bits per heavy atom. The standard InChI is InChI=1S/C19H14F3NO3/c20-19(21,22)26-17-7-5-16(6-8-17)23-11-15(4-9-18(23)25)14-3-1-2-13(10-14)12-24/h1-11,24H,12H2. The van der Waals surface area contributed by atoms with Gasteiger partial charge in [-0.2, -0.15) is 0 Å². The van der Waals surface area contributed by atoms with Crippen LogP contribution in [-0.2, 0) is 6.61 Å². The van der Waals surface area contributed by atoms with Crippen LogP contribution in [0.1, 0.15) is 5.56 Å². The lowest BCUT2D eigenvalue weighted by Crippen LogP contribution is -2.18. The van der Waals surface area contributed by atoms with E-state index in [9.17, 15) is 23.1 Å². The maximum absolute atomic E-state index is 12.2. The Balaban J connectivity index is 1.96. The van der Waals surface area contributed by atoms with Crippen molar-refractivity contribution in [3.05, 3.63) is 82.8 Å². The van der Waals surface area contributed by atoms with E-state index in [1.54, 1.807) is 30.5 Å². The maximum atomic E-state index is 12.2. The summed E-state index contributed by atoms with van der Waals surface area (Å²) >= 11 is 0. The molecule has 0 unspecified atom stereocenters. The van der Waals surface area contributed by atoms with E-state index < -0.39 is 6.36 Å². The zero-order valence-electron chi connectivity index (χ0n) is 13.4. The number of aliphatic hydroxyl groups is 1. The van der Waals surface area contributed by atoms with Gasteiger partial charge in [-0.3, -0.25) is 9.36 Å². The highest BCUT2D eigenvalue weighted by Crippen LogP contribution is 2.24. The number of aromatic nitrogens is 1. The molecule has 0 aliphatic carbocycles. The van der Waals surface area contributed by atoms with Crippen LogP contribution >= 0.6 is 0 Å². The molecule has 0 spiro atoms. The zero-order valence-corrected chi connectivity index (χ0v) is 13.4. The number of rotatable bonds is 4. The van der Waals surface area contributed by atoms with Crippen LogP contribution in [0.25, 0.3) is 16.8 Å². The van der Waals surface area contributed by atoms with Crippen molar-refractivity contribution in [2.75, 3.05) is 0 Å². The van der Waals surface area contributed by atoms with E-state index in [1.807, 2.05) is 6.07 Å². The highest BCUT2D eigenvalue weighted by molar-refractivity contribution is 5.63. The number of hydrogen-bond acceptors (Lipinski definition) is 3. The molecule has 1 heterocycles. The van der Waals surface area contributed by atoms with Gasteiger partial charge in [0.1, 0.15) is 5.75 Å². The fraction of sp³-hybridized carbons (Fsp3) is 0.105. The smallest absolute Gasteiger partial charge is 0.406 e. The molecule has 3 aromatic rings. The van der Waals surface area contributed by atoms with Crippen LogP contribution in [0.5, 0.6) is 5.75 Å².